The van der Waals surface area contributed by atoms with Crippen molar-refractivity contribution in [3.63, 3.8) is 0 Å². The molecule has 2 rings (SSSR count). The zero-order valence-corrected chi connectivity index (χ0v) is 13.1. The Hall–Kier alpha value is -2.14. The van der Waals surface area contributed by atoms with Crippen LogP contribution in [0.15, 0.2) is 30.5 Å². The number of para-hydroxylation sites is 1. The molecule has 5 heteroatoms. The molecule has 1 atom stereocenters. The lowest BCUT2D eigenvalue weighted by Crippen LogP contribution is -2.43. The van der Waals surface area contributed by atoms with Crippen LogP contribution in [0.1, 0.15) is 18.9 Å². The smallest absolute Gasteiger partial charge is 0.234 e. The van der Waals surface area contributed by atoms with Gasteiger partial charge in [-0.15, -0.1) is 0 Å². The number of fused-ring (bicyclic) bond motifs is 1. The third-order valence-corrected chi connectivity index (χ3v) is 3.64. The van der Waals surface area contributed by atoms with Gasteiger partial charge in [0.1, 0.15) is 6.29 Å². The highest BCUT2D eigenvalue weighted by atomic mass is 16.2. The van der Waals surface area contributed by atoms with Gasteiger partial charge in [0.25, 0.3) is 0 Å². The number of amides is 1. The van der Waals surface area contributed by atoms with E-state index < -0.39 is 6.04 Å². The van der Waals surface area contributed by atoms with Gasteiger partial charge in [0.15, 0.2) is 0 Å². The molecule has 1 aromatic carbocycles. The number of hydrogen-bond acceptors (Lipinski definition) is 3. The molecule has 2 aromatic rings. The van der Waals surface area contributed by atoms with Crippen molar-refractivity contribution in [2.24, 2.45) is 0 Å². The van der Waals surface area contributed by atoms with E-state index in [1.165, 1.54) is 0 Å². The average molecular weight is 301 g/mol. The van der Waals surface area contributed by atoms with Crippen molar-refractivity contribution >= 4 is 23.1 Å². The number of nitrogens with one attached hydrogen (secondary N) is 2. The van der Waals surface area contributed by atoms with Crippen LogP contribution in [0.4, 0.5) is 0 Å². The summed E-state index contributed by atoms with van der Waals surface area (Å²) in [7, 11) is 1.90. The largest absolute Gasteiger partial charge is 0.361 e. The van der Waals surface area contributed by atoms with Crippen molar-refractivity contribution in [2.45, 2.75) is 25.8 Å². The molecule has 2 N–H and O–H groups in total. The van der Waals surface area contributed by atoms with Gasteiger partial charge in [0.05, 0.1) is 12.6 Å². The molecule has 0 spiro atoms. The lowest BCUT2D eigenvalue weighted by atomic mass is 10.1. The number of aldehydes is 1. The second-order valence-corrected chi connectivity index (χ2v) is 5.61. The van der Waals surface area contributed by atoms with E-state index in [-0.39, 0.29) is 5.91 Å². The molecular weight excluding hydrogens is 278 g/mol. The molecule has 0 saturated carbocycles. The van der Waals surface area contributed by atoms with Crippen LogP contribution in [0, 0.1) is 0 Å². The normalized spacial score (nSPS) is 12.5. The first kappa shape index (κ1) is 16.2. The van der Waals surface area contributed by atoms with Gasteiger partial charge >= 0.3 is 0 Å². The fourth-order valence-electron chi connectivity index (χ4n) is 2.63. The summed E-state index contributed by atoms with van der Waals surface area (Å²) in [4.78, 5) is 28.4. The summed E-state index contributed by atoms with van der Waals surface area (Å²) in [6.45, 7) is 3.24. The first-order valence-corrected chi connectivity index (χ1v) is 7.62. The van der Waals surface area contributed by atoms with Crippen LogP contribution in [0.2, 0.25) is 0 Å². The van der Waals surface area contributed by atoms with Gasteiger partial charge in [-0.05, 0) is 31.6 Å². The van der Waals surface area contributed by atoms with E-state index in [0.717, 1.165) is 35.7 Å². The zero-order valence-electron chi connectivity index (χ0n) is 13.1. The Morgan fingerprint density at radius 1 is 1.41 bits per heavy atom. The van der Waals surface area contributed by atoms with Crippen molar-refractivity contribution in [3.05, 3.63) is 36.0 Å². The van der Waals surface area contributed by atoms with Crippen LogP contribution >= 0.6 is 0 Å². The van der Waals surface area contributed by atoms with Crippen LogP contribution in [0.5, 0.6) is 0 Å². The van der Waals surface area contributed by atoms with Crippen LogP contribution in [0.3, 0.4) is 0 Å². The predicted octanol–water partition coefficient (Wildman–Crippen LogP) is 1.74. The van der Waals surface area contributed by atoms with Gasteiger partial charge in [-0.3, -0.25) is 9.69 Å². The van der Waals surface area contributed by atoms with Crippen molar-refractivity contribution < 1.29 is 9.59 Å². The van der Waals surface area contributed by atoms with Gasteiger partial charge in [0, 0.05) is 23.5 Å². The van der Waals surface area contributed by atoms with E-state index >= 15 is 0 Å². The lowest BCUT2D eigenvalue weighted by Gasteiger charge is -2.17. The molecule has 22 heavy (non-hydrogen) atoms. The lowest BCUT2D eigenvalue weighted by molar-refractivity contribution is -0.124. The topological polar surface area (TPSA) is 65.2 Å². The number of aromatic amines is 1. The minimum Gasteiger partial charge on any atom is -0.361 e. The number of benzene rings is 1. The number of rotatable bonds is 8. The number of carbonyl (C=O) groups is 2. The maximum absolute atomic E-state index is 12.0. The monoisotopic (exact) mass is 301 g/mol. The first-order chi connectivity index (χ1) is 10.6. The molecule has 0 saturated heterocycles. The van der Waals surface area contributed by atoms with Crippen LogP contribution < -0.4 is 5.32 Å². The number of hydrogen-bond donors (Lipinski definition) is 2. The van der Waals surface area contributed by atoms with Crippen molar-refractivity contribution in [2.75, 3.05) is 20.1 Å². The quantitative estimate of drug-likeness (QED) is 0.730. The third-order valence-electron chi connectivity index (χ3n) is 3.64. The number of carbonyl (C=O) groups excluding carboxylic acids is 2. The van der Waals surface area contributed by atoms with Crippen LogP contribution in [0.25, 0.3) is 10.9 Å². The first-order valence-electron chi connectivity index (χ1n) is 7.62. The van der Waals surface area contributed by atoms with Crippen LogP contribution in [-0.4, -0.2) is 48.3 Å². The number of nitrogens with zero attached hydrogens (tertiary/aromatic N) is 1. The molecule has 0 aliphatic carbocycles. The second kappa shape index (κ2) is 7.75. The van der Waals surface area contributed by atoms with Gasteiger partial charge in [-0.2, -0.15) is 0 Å². The Morgan fingerprint density at radius 3 is 2.91 bits per heavy atom. The molecular formula is C17H23N3O2. The summed E-state index contributed by atoms with van der Waals surface area (Å²) >= 11 is 0. The SMILES string of the molecule is CCCN(C)CC(=O)N[C@H](C=O)Cc1c[nH]c2ccccc12. The Labute approximate surface area is 130 Å². The summed E-state index contributed by atoms with van der Waals surface area (Å²) in [5.74, 6) is -0.118. The summed E-state index contributed by atoms with van der Waals surface area (Å²) in [5.41, 5.74) is 2.08. The highest BCUT2D eigenvalue weighted by Crippen LogP contribution is 2.18. The molecule has 0 aliphatic heterocycles. The Morgan fingerprint density at radius 2 is 2.18 bits per heavy atom. The summed E-state index contributed by atoms with van der Waals surface area (Å²) < 4.78 is 0. The van der Waals surface area contributed by atoms with Crippen molar-refractivity contribution in [1.82, 2.24) is 15.2 Å². The summed E-state index contributed by atoms with van der Waals surface area (Å²) in [6.07, 6.45) is 4.20. The molecule has 1 amide bonds. The Bertz CT molecular complexity index is 636. The average Bonchev–Trinajstić information content (AvgIpc) is 2.90. The van der Waals surface area contributed by atoms with Crippen molar-refractivity contribution in [1.29, 1.82) is 0 Å². The summed E-state index contributed by atoms with van der Waals surface area (Å²) in [5, 5.41) is 3.89. The fraction of sp³-hybridized carbons (Fsp3) is 0.412. The minimum atomic E-state index is -0.498. The molecule has 118 valence electrons. The van der Waals surface area contributed by atoms with Gasteiger partial charge in [-0.1, -0.05) is 25.1 Å². The fourth-order valence-corrected chi connectivity index (χ4v) is 2.63. The maximum atomic E-state index is 12.0. The Balaban J connectivity index is 1.97. The highest BCUT2D eigenvalue weighted by molar-refractivity contribution is 5.85. The minimum absolute atomic E-state index is 0.118. The molecule has 0 aliphatic rings. The molecule has 1 heterocycles. The molecule has 0 bridgehead atoms. The second-order valence-electron chi connectivity index (χ2n) is 5.61. The van der Waals surface area contributed by atoms with Gasteiger partial charge in [0.2, 0.25) is 5.91 Å². The molecule has 5 nitrogen and oxygen atoms in total. The third kappa shape index (κ3) is 4.18. The van der Waals surface area contributed by atoms with E-state index in [9.17, 15) is 9.59 Å². The molecule has 0 fully saturated rings. The number of aromatic nitrogens is 1. The van der Waals surface area contributed by atoms with Gasteiger partial charge < -0.3 is 15.1 Å². The van der Waals surface area contributed by atoms with Crippen LogP contribution in [-0.2, 0) is 16.0 Å². The van der Waals surface area contributed by atoms with E-state index in [1.807, 2.05) is 42.4 Å². The molecule has 0 radical (unpaired) electrons. The maximum Gasteiger partial charge on any atom is 0.234 e. The van der Waals surface area contributed by atoms with Gasteiger partial charge in [-0.25, -0.2) is 0 Å². The Kier molecular flexibility index (Phi) is 5.72. The van der Waals surface area contributed by atoms with E-state index in [2.05, 4.69) is 17.2 Å². The van der Waals surface area contributed by atoms with E-state index in [0.29, 0.717) is 13.0 Å². The molecule has 0 unspecified atom stereocenters. The highest BCUT2D eigenvalue weighted by Gasteiger charge is 2.15. The van der Waals surface area contributed by atoms with E-state index in [4.69, 9.17) is 0 Å². The zero-order chi connectivity index (χ0) is 15.9. The summed E-state index contributed by atoms with van der Waals surface area (Å²) in [6, 6.07) is 7.44. The molecule has 1 aromatic heterocycles. The van der Waals surface area contributed by atoms with E-state index in [1.54, 1.807) is 0 Å². The standard InChI is InChI=1S/C17H23N3O2/c1-3-8-20(2)11-17(22)19-14(12-21)9-13-10-18-16-7-5-4-6-15(13)16/h4-7,10,12,14,18H,3,8-9,11H2,1-2H3,(H,19,22)/t14-/m0/s1. The van der Waals surface area contributed by atoms with Crippen molar-refractivity contribution in [3.8, 4) is 0 Å². The number of H-pyrrole nitrogens is 1. The predicted molar refractivity (Wildman–Crippen MR) is 87.8 cm³/mol. The number of likely N-dealkylation sites (N-methyl/N-ethyl adjacent to an activating group) is 1.